The minimum Gasteiger partial charge on any atom is -0.444 e. The van der Waals surface area contributed by atoms with E-state index in [-0.39, 0.29) is 0 Å². The van der Waals surface area contributed by atoms with Crippen LogP contribution in [0.15, 0.2) is 12.2 Å². The summed E-state index contributed by atoms with van der Waals surface area (Å²) in [4.78, 5) is 14.2. The van der Waals surface area contributed by atoms with E-state index in [1.807, 2.05) is 46.8 Å². The molecule has 1 fully saturated rings. The van der Waals surface area contributed by atoms with Crippen LogP contribution in [0.4, 0.5) is 4.79 Å². The molecule has 0 unspecified atom stereocenters. The van der Waals surface area contributed by atoms with Gasteiger partial charge in [0.1, 0.15) is 11.3 Å². The summed E-state index contributed by atoms with van der Waals surface area (Å²) >= 11 is 0. The van der Waals surface area contributed by atoms with Crippen molar-refractivity contribution < 1.29 is 19.4 Å². The first-order chi connectivity index (χ1) is 14.6. The van der Waals surface area contributed by atoms with Gasteiger partial charge in [-0.1, -0.05) is 83.3 Å². The van der Waals surface area contributed by atoms with Crippen molar-refractivity contribution >= 4 is 6.09 Å². The number of carbonyl (C=O) groups excluding carboxylic acids is 1. The fraction of sp³-hybridized carbons (Fsp3) is 0.885. The number of unbranched alkanes of at least 4 members (excludes halogenated alkanes) is 11. The highest BCUT2D eigenvalue weighted by Gasteiger charge is 2.47. The molecule has 0 saturated carbocycles. The first-order valence-electron chi connectivity index (χ1n) is 12.6. The molecule has 5 heteroatoms. The lowest BCUT2D eigenvalue weighted by Crippen LogP contribution is -2.53. The molecule has 1 amide bonds. The van der Waals surface area contributed by atoms with Crippen LogP contribution in [-0.4, -0.2) is 46.2 Å². The van der Waals surface area contributed by atoms with Crippen LogP contribution in [0.5, 0.6) is 0 Å². The highest BCUT2D eigenvalue weighted by Crippen LogP contribution is 2.31. The number of rotatable bonds is 14. The first-order valence-corrected chi connectivity index (χ1v) is 12.6. The number of amides is 1. The van der Waals surface area contributed by atoms with E-state index in [1.54, 1.807) is 0 Å². The maximum atomic E-state index is 12.7. The summed E-state index contributed by atoms with van der Waals surface area (Å²) in [7, 11) is 0. The van der Waals surface area contributed by atoms with E-state index in [0.29, 0.717) is 6.61 Å². The predicted molar refractivity (Wildman–Crippen MR) is 128 cm³/mol. The quantitative estimate of drug-likeness (QED) is 0.234. The van der Waals surface area contributed by atoms with Crippen molar-refractivity contribution in [1.29, 1.82) is 0 Å². The van der Waals surface area contributed by atoms with Crippen LogP contribution in [0.2, 0.25) is 0 Å². The SMILES string of the molecule is CCCCCCCCCCCCC/C=C/[C@@H](O)[C@@H]1COC(C)(C)N1C(=O)OC(C)(C)C. The third-order valence-corrected chi connectivity index (χ3v) is 5.81. The molecule has 0 aromatic heterocycles. The van der Waals surface area contributed by atoms with Gasteiger partial charge in [-0.3, -0.25) is 4.90 Å². The lowest BCUT2D eigenvalue weighted by atomic mass is 10.0. The molecule has 1 aliphatic heterocycles. The van der Waals surface area contributed by atoms with Crippen molar-refractivity contribution in [3.05, 3.63) is 12.2 Å². The molecule has 0 bridgehead atoms. The van der Waals surface area contributed by atoms with Gasteiger partial charge in [0.2, 0.25) is 0 Å². The van der Waals surface area contributed by atoms with Gasteiger partial charge in [-0.05, 0) is 47.5 Å². The molecular formula is C26H49NO4. The van der Waals surface area contributed by atoms with Gasteiger partial charge in [0.05, 0.1) is 18.8 Å². The maximum Gasteiger partial charge on any atom is 0.413 e. The lowest BCUT2D eigenvalue weighted by molar-refractivity contribution is -0.0661. The van der Waals surface area contributed by atoms with Crippen molar-refractivity contribution in [2.24, 2.45) is 0 Å². The zero-order chi connectivity index (χ0) is 23.3. The van der Waals surface area contributed by atoms with E-state index in [1.165, 1.54) is 69.1 Å². The average molecular weight is 440 g/mol. The zero-order valence-corrected chi connectivity index (χ0v) is 21.1. The van der Waals surface area contributed by atoms with Gasteiger partial charge in [-0.25, -0.2) is 4.79 Å². The number of aliphatic hydroxyl groups is 1. The average Bonchev–Trinajstić information content (AvgIpc) is 2.99. The number of hydrogen-bond acceptors (Lipinski definition) is 4. The highest BCUT2D eigenvalue weighted by atomic mass is 16.6. The molecule has 182 valence electrons. The third-order valence-electron chi connectivity index (χ3n) is 5.81. The Morgan fingerprint density at radius 2 is 1.58 bits per heavy atom. The topological polar surface area (TPSA) is 59.0 Å². The predicted octanol–water partition coefficient (Wildman–Crippen LogP) is 6.98. The first kappa shape index (κ1) is 28.0. The molecule has 1 saturated heterocycles. The number of nitrogens with zero attached hydrogens (tertiary/aromatic N) is 1. The summed E-state index contributed by atoms with van der Waals surface area (Å²) in [5, 5.41) is 10.7. The van der Waals surface area contributed by atoms with Gasteiger partial charge in [-0.15, -0.1) is 0 Å². The maximum absolute atomic E-state index is 12.7. The van der Waals surface area contributed by atoms with Crippen molar-refractivity contribution in [1.82, 2.24) is 4.90 Å². The second-order valence-electron chi connectivity index (χ2n) is 10.4. The summed E-state index contributed by atoms with van der Waals surface area (Å²) in [5.41, 5.74) is -1.38. The smallest absolute Gasteiger partial charge is 0.413 e. The van der Waals surface area contributed by atoms with E-state index in [2.05, 4.69) is 6.92 Å². The fourth-order valence-electron chi connectivity index (χ4n) is 4.04. The largest absolute Gasteiger partial charge is 0.444 e. The van der Waals surface area contributed by atoms with Gasteiger partial charge >= 0.3 is 6.09 Å². The minimum absolute atomic E-state index is 0.302. The van der Waals surface area contributed by atoms with E-state index < -0.39 is 29.6 Å². The van der Waals surface area contributed by atoms with Crippen LogP contribution in [0, 0.1) is 0 Å². The van der Waals surface area contributed by atoms with Gasteiger partial charge in [-0.2, -0.15) is 0 Å². The van der Waals surface area contributed by atoms with E-state index in [0.717, 1.165) is 12.8 Å². The van der Waals surface area contributed by atoms with Gasteiger partial charge in [0.15, 0.2) is 0 Å². The molecule has 5 nitrogen and oxygen atoms in total. The molecule has 31 heavy (non-hydrogen) atoms. The van der Waals surface area contributed by atoms with E-state index in [4.69, 9.17) is 9.47 Å². The Bertz CT molecular complexity index is 524. The van der Waals surface area contributed by atoms with Gasteiger partial charge in [0.25, 0.3) is 0 Å². The van der Waals surface area contributed by atoms with Crippen molar-refractivity contribution in [3.63, 3.8) is 0 Å². The van der Waals surface area contributed by atoms with Gasteiger partial charge < -0.3 is 14.6 Å². The Labute approximate surface area is 191 Å². The Morgan fingerprint density at radius 1 is 1.06 bits per heavy atom. The molecule has 1 heterocycles. The van der Waals surface area contributed by atoms with Crippen LogP contribution >= 0.6 is 0 Å². The standard InChI is InChI=1S/C26H49NO4/c1-7-8-9-10-11-12-13-14-15-16-17-18-19-20-23(28)22-21-30-26(5,6)27(22)24(29)31-25(2,3)4/h19-20,22-23,28H,7-18,21H2,1-6H3/b20-19+/t22-,23+/m0/s1. The molecule has 1 N–H and O–H groups in total. The number of allylic oxidation sites excluding steroid dienone is 1. The normalized spacial score (nSPS) is 19.8. The monoisotopic (exact) mass is 439 g/mol. The third kappa shape index (κ3) is 11.4. The second-order valence-corrected chi connectivity index (χ2v) is 10.4. The Kier molecular flexibility index (Phi) is 12.8. The molecule has 2 atom stereocenters. The van der Waals surface area contributed by atoms with Crippen LogP contribution in [-0.2, 0) is 9.47 Å². The lowest BCUT2D eigenvalue weighted by Gasteiger charge is -2.36. The highest BCUT2D eigenvalue weighted by molar-refractivity contribution is 5.70. The van der Waals surface area contributed by atoms with Crippen molar-refractivity contribution in [2.45, 2.75) is 142 Å². The van der Waals surface area contributed by atoms with Gasteiger partial charge in [0, 0.05) is 0 Å². The molecule has 1 aliphatic rings. The minimum atomic E-state index is -0.794. The molecule has 1 rings (SSSR count). The fourth-order valence-corrected chi connectivity index (χ4v) is 4.04. The zero-order valence-electron chi connectivity index (χ0n) is 21.1. The van der Waals surface area contributed by atoms with Crippen LogP contribution in [0.1, 0.15) is 119 Å². The number of hydrogen-bond donors (Lipinski definition) is 1. The molecule has 0 spiro atoms. The van der Waals surface area contributed by atoms with Crippen molar-refractivity contribution in [3.8, 4) is 0 Å². The van der Waals surface area contributed by atoms with E-state index >= 15 is 0 Å². The molecule has 0 radical (unpaired) electrons. The molecule has 0 aromatic rings. The summed E-state index contributed by atoms with van der Waals surface area (Å²) in [6.45, 7) is 11.8. The van der Waals surface area contributed by atoms with Crippen LogP contribution in [0.25, 0.3) is 0 Å². The summed E-state index contributed by atoms with van der Waals surface area (Å²) < 4.78 is 11.3. The second kappa shape index (κ2) is 14.2. The molecule has 0 aromatic carbocycles. The number of carbonyl (C=O) groups is 1. The molecule has 0 aliphatic carbocycles. The Hall–Kier alpha value is -1.07. The van der Waals surface area contributed by atoms with Crippen LogP contribution in [0.3, 0.4) is 0 Å². The van der Waals surface area contributed by atoms with Crippen LogP contribution < -0.4 is 0 Å². The van der Waals surface area contributed by atoms with E-state index in [9.17, 15) is 9.90 Å². The Balaban J connectivity index is 2.26. The molecular weight excluding hydrogens is 390 g/mol. The summed E-state index contributed by atoms with van der Waals surface area (Å²) in [6, 6.07) is -0.432. The number of aliphatic hydroxyl groups excluding tert-OH is 1. The number of ether oxygens (including phenoxy) is 2. The summed E-state index contributed by atoms with van der Waals surface area (Å²) in [6.07, 6.45) is 18.2. The summed E-state index contributed by atoms with van der Waals surface area (Å²) in [5.74, 6) is 0. The van der Waals surface area contributed by atoms with Crippen molar-refractivity contribution in [2.75, 3.05) is 6.61 Å². The Morgan fingerprint density at radius 3 is 2.10 bits per heavy atom.